The molecule has 2 aromatic heterocycles. The second-order valence-corrected chi connectivity index (χ2v) is 14.2. The van der Waals surface area contributed by atoms with Crippen LogP contribution in [-0.2, 0) is 10.0 Å². The predicted molar refractivity (Wildman–Crippen MR) is 160 cm³/mol. The number of nitrogens with zero attached hydrogens (tertiary/aromatic N) is 5. The highest BCUT2D eigenvalue weighted by Crippen LogP contribution is 2.54. The number of aliphatic hydroxyl groups excluding tert-OH is 1. The molecule has 42 heavy (non-hydrogen) atoms. The zero-order chi connectivity index (χ0) is 29.7. The van der Waals surface area contributed by atoms with Crippen LogP contribution in [0.5, 0.6) is 0 Å². The van der Waals surface area contributed by atoms with Crippen molar-refractivity contribution in [2.75, 3.05) is 52.6 Å². The van der Waals surface area contributed by atoms with Crippen LogP contribution in [0, 0.1) is 12.3 Å². The Morgan fingerprint density at radius 1 is 0.976 bits per heavy atom. The number of alkyl halides is 2. The van der Waals surface area contributed by atoms with E-state index in [0.717, 1.165) is 42.6 Å². The Morgan fingerprint density at radius 2 is 1.67 bits per heavy atom. The van der Waals surface area contributed by atoms with Crippen molar-refractivity contribution in [3.63, 3.8) is 0 Å². The lowest BCUT2D eigenvalue weighted by Crippen LogP contribution is -2.39. The molecule has 0 bridgehead atoms. The van der Waals surface area contributed by atoms with E-state index < -0.39 is 27.8 Å². The predicted octanol–water partition coefficient (Wildman–Crippen LogP) is 4.82. The van der Waals surface area contributed by atoms with Crippen molar-refractivity contribution < 1.29 is 22.3 Å². The first-order valence-electron chi connectivity index (χ1n) is 14.5. The summed E-state index contributed by atoms with van der Waals surface area (Å²) in [5.74, 6) is -0.958. The van der Waals surface area contributed by atoms with E-state index in [1.165, 1.54) is 26.1 Å². The molecule has 3 N–H and O–H groups in total. The zero-order valence-corrected chi connectivity index (χ0v) is 24.7. The summed E-state index contributed by atoms with van der Waals surface area (Å²) >= 11 is 0. The molecule has 1 aromatic carbocycles. The van der Waals surface area contributed by atoms with E-state index in [0.29, 0.717) is 34.1 Å². The second-order valence-electron chi connectivity index (χ2n) is 12.1. The summed E-state index contributed by atoms with van der Waals surface area (Å²) in [5.41, 5.74) is 3.11. The van der Waals surface area contributed by atoms with Crippen molar-refractivity contribution in [2.45, 2.75) is 63.5 Å². The van der Waals surface area contributed by atoms with Gasteiger partial charge in [-0.1, -0.05) is 0 Å². The number of piperidine rings is 2. The molecule has 0 radical (unpaired) electrons. The highest BCUT2D eigenvalue weighted by atomic mass is 32.2. The van der Waals surface area contributed by atoms with Crippen LogP contribution in [0.2, 0.25) is 0 Å². The summed E-state index contributed by atoms with van der Waals surface area (Å²) < 4.78 is 55.8. The Hall–Kier alpha value is -3.32. The summed E-state index contributed by atoms with van der Waals surface area (Å²) in [6.45, 7) is 5.02. The lowest BCUT2D eigenvalue weighted by molar-refractivity contribution is -0.0221. The van der Waals surface area contributed by atoms with Crippen LogP contribution in [0.1, 0.15) is 51.0 Å². The molecule has 1 aliphatic carbocycles. The van der Waals surface area contributed by atoms with Gasteiger partial charge in [0.2, 0.25) is 10.0 Å². The van der Waals surface area contributed by atoms with Gasteiger partial charge in [0.05, 0.1) is 28.9 Å². The summed E-state index contributed by atoms with van der Waals surface area (Å²) in [6.07, 6.45) is 5.66. The number of halogens is 2. The Kier molecular flexibility index (Phi) is 7.37. The molecule has 1 saturated carbocycles. The molecule has 2 aliphatic heterocycles. The fourth-order valence-electron chi connectivity index (χ4n) is 5.89. The maximum atomic E-state index is 13.8. The number of nitrogens with one attached hydrogen (secondary N) is 2. The second kappa shape index (κ2) is 10.7. The summed E-state index contributed by atoms with van der Waals surface area (Å²) in [5, 5.41) is 12.6. The maximum absolute atomic E-state index is 13.8. The van der Waals surface area contributed by atoms with Crippen molar-refractivity contribution >= 4 is 49.8 Å². The minimum atomic E-state index is -3.81. The minimum Gasteiger partial charge on any atom is -0.395 e. The first-order valence-corrected chi connectivity index (χ1v) is 16.1. The van der Waals surface area contributed by atoms with Gasteiger partial charge in [-0.3, -0.25) is 4.72 Å². The number of rotatable bonds is 8. The first kappa shape index (κ1) is 28.8. The van der Waals surface area contributed by atoms with E-state index in [1.54, 1.807) is 6.07 Å². The normalized spacial score (nSPS) is 20.5. The van der Waals surface area contributed by atoms with E-state index in [4.69, 9.17) is 4.98 Å². The number of fused-ring (bicyclic) bond motifs is 1. The zero-order valence-electron chi connectivity index (χ0n) is 23.9. The molecule has 0 unspecified atom stereocenters. The van der Waals surface area contributed by atoms with Crippen LogP contribution in [0.25, 0.3) is 10.9 Å². The summed E-state index contributed by atoms with van der Waals surface area (Å²) in [6, 6.07) is 7.26. The van der Waals surface area contributed by atoms with Crippen molar-refractivity contribution in [3.8, 4) is 0 Å². The Bertz CT molecular complexity index is 1580. The third kappa shape index (κ3) is 5.94. The van der Waals surface area contributed by atoms with E-state index in [-0.39, 0.29) is 25.9 Å². The van der Waals surface area contributed by atoms with Gasteiger partial charge in [0.25, 0.3) is 5.92 Å². The number of aryl methyl sites for hydroxylation is 1. The number of anilines is 5. The van der Waals surface area contributed by atoms with Gasteiger partial charge in [-0.2, -0.15) is 0 Å². The third-order valence-electron chi connectivity index (χ3n) is 8.91. The molecule has 4 heterocycles. The monoisotopic (exact) mass is 601 g/mol. The quantitative estimate of drug-likeness (QED) is 0.334. The molecule has 2 saturated heterocycles. The Balaban J connectivity index is 1.37. The molecular weight excluding hydrogens is 564 g/mol. The number of sulfonamides is 1. The average molecular weight is 602 g/mol. The van der Waals surface area contributed by atoms with Crippen LogP contribution < -0.4 is 19.8 Å². The number of benzene rings is 1. The van der Waals surface area contributed by atoms with Crippen LogP contribution >= 0.6 is 0 Å². The largest absolute Gasteiger partial charge is 0.395 e. The highest BCUT2D eigenvalue weighted by molar-refractivity contribution is 7.93. The van der Waals surface area contributed by atoms with E-state index in [2.05, 4.69) is 24.9 Å². The molecule has 3 aromatic rings. The molecule has 10 nitrogen and oxygen atoms in total. The summed E-state index contributed by atoms with van der Waals surface area (Å²) in [4.78, 5) is 18.0. The standard InChI is InChI=1S/C29H37F2N7O3S/c1-19-13-24(34-25(14-19)38-11-7-29(30,31)8-12-38)35-27-26-22(32-18-33-27)15-21(36-42(40,41)20(2)17-39)16-23(26)37-9-5-28(3-4-28)6-10-37/h13-16,18,20,36,39H,3-12,17H2,1-2H3,(H,32,33,34,35)/t20-/m1/s1. The lowest BCUT2D eigenvalue weighted by Gasteiger charge is -2.35. The van der Waals surface area contributed by atoms with E-state index >= 15 is 0 Å². The number of aliphatic hydroxyl groups is 1. The Morgan fingerprint density at radius 3 is 2.33 bits per heavy atom. The van der Waals surface area contributed by atoms with Gasteiger partial charge in [-0.05, 0) is 74.8 Å². The molecule has 1 spiro atoms. The molecule has 3 aliphatic rings. The van der Waals surface area contributed by atoms with Crippen molar-refractivity contribution in [3.05, 3.63) is 36.2 Å². The van der Waals surface area contributed by atoms with Crippen LogP contribution in [0.3, 0.4) is 0 Å². The van der Waals surface area contributed by atoms with Crippen molar-refractivity contribution in [2.24, 2.45) is 5.41 Å². The lowest BCUT2D eigenvalue weighted by atomic mass is 9.93. The van der Waals surface area contributed by atoms with Crippen LogP contribution in [0.15, 0.2) is 30.6 Å². The molecule has 3 fully saturated rings. The fourth-order valence-corrected chi connectivity index (χ4v) is 6.74. The van der Waals surface area contributed by atoms with Gasteiger partial charge in [0.15, 0.2) is 0 Å². The van der Waals surface area contributed by atoms with Gasteiger partial charge in [0.1, 0.15) is 29.0 Å². The van der Waals surface area contributed by atoms with Gasteiger partial charge in [-0.15, -0.1) is 0 Å². The molecule has 13 heteroatoms. The molecule has 6 rings (SSSR count). The summed E-state index contributed by atoms with van der Waals surface area (Å²) in [7, 11) is -3.81. The molecular formula is C29H37F2N7O3S. The molecule has 226 valence electrons. The fraction of sp³-hybridized carbons (Fsp3) is 0.552. The topological polar surface area (TPSA) is 124 Å². The number of aromatic nitrogens is 3. The first-order chi connectivity index (χ1) is 20.0. The van der Waals surface area contributed by atoms with Gasteiger partial charge in [-0.25, -0.2) is 32.2 Å². The van der Waals surface area contributed by atoms with Gasteiger partial charge in [0, 0.05) is 39.0 Å². The van der Waals surface area contributed by atoms with E-state index in [9.17, 15) is 22.3 Å². The van der Waals surface area contributed by atoms with Crippen LogP contribution in [0.4, 0.5) is 37.6 Å². The van der Waals surface area contributed by atoms with Crippen LogP contribution in [-0.4, -0.2) is 72.4 Å². The Labute approximate surface area is 244 Å². The van der Waals surface area contributed by atoms with Gasteiger partial charge < -0.3 is 20.2 Å². The van der Waals surface area contributed by atoms with Crippen molar-refractivity contribution in [1.82, 2.24) is 15.0 Å². The number of hydrogen-bond donors (Lipinski definition) is 3. The maximum Gasteiger partial charge on any atom is 0.251 e. The third-order valence-corrected chi connectivity index (χ3v) is 10.6. The van der Waals surface area contributed by atoms with Gasteiger partial charge >= 0.3 is 0 Å². The highest BCUT2D eigenvalue weighted by Gasteiger charge is 2.44. The van der Waals surface area contributed by atoms with E-state index in [1.807, 2.05) is 30.0 Å². The number of hydrogen-bond acceptors (Lipinski definition) is 9. The molecule has 1 atom stereocenters. The smallest absolute Gasteiger partial charge is 0.251 e. The number of pyridine rings is 1. The van der Waals surface area contributed by atoms with Crippen molar-refractivity contribution in [1.29, 1.82) is 0 Å². The molecule has 0 amide bonds. The average Bonchev–Trinajstić information content (AvgIpc) is 3.70. The minimum absolute atomic E-state index is 0.203. The SMILES string of the molecule is Cc1cc(Nc2ncnc3cc(NS(=O)(=O)[C@H](C)CO)cc(N4CCC5(CC4)CC5)c23)nc(N2CCC(F)(F)CC2)c1.